The van der Waals surface area contributed by atoms with Crippen molar-refractivity contribution in [3.8, 4) is 0 Å². The molecule has 0 radical (unpaired) electrons. The maximum absolute atomic E-state index is 5.28. The fourth-order valence-corrected chi connectivity index (χ4v) is 1.69. The Hall–Kier alpha value is -1.06. The Kier molecular flexibility index (Phi) is 3.08. The van der Waals surface area contributed by atoms with Gasteiger partial charge in [0, 0.05) is 17.3 Å². The van der Waals surface area contributed by atoms with E-state index in [0.717, 1.165) is 24.3 Å². The van der Waals surface area contributed by atoms with Gasteiger partial charge in [-0.1, -0.05) is 6.42 Å². The van der Waals surface area contributed by atoms with Gasteiger partial charge in [0.05, 0.1) is 0 Å². The second kappa shape index (κ2) is 4.09. The van der Waals surface area contributed by atoms with Gasteiger partial charge >= 0.3 is 0 Å². The van der Waals surface area contributed by atoms with Crippen LogP contribution < -0.4 is 11.7 Å². The average Bonchev–Trinajstić information content (AvgIpc) is 2.16. The van der Waals surface area contributed by atoms with Crippen LogP contribution in [0.1, 0.15) is 32.6 Å². The summed E-state index contributed by atoms with van der Waals surface area (Å²) in [5.74, 6) is 10.8. The highest BCUT2D eigenvalue weighted by Gasteiger charge is 2.22. The monoisotopic (exact) mass is 168 g/mol. The molecule has 0 spiro atoms. The van der Waals surface area contributed by atoms with E-state index in [9.17, 15) is 0 Å². The normalized spacial score (nSPS) is 29.2. The summed E-state index contributed by atoms with van der Waals surface area (Å²) < 4.78 is 0. The molecule has 4 nitrogen and oxygen atoms in total. The quantitative estimate of drug-likeness (QED) is 0.345. The number of hydrogen-bond donors (Lipinski definition) is 2. The van der Waals surface area contributed by atoms with Crippen molar-refractivity contribution >= 4 is 11.4 Å². The Bertz CT molecular complexity index is 207. The lowest BCUT2D eigenvalue weighted by Gasteiger charge is -2.22. The van der Waals surface area contributed by atoms with Gasteiger partial charge in [0.1, 0.15) is 0 Å². The molecule has 0 amide bonds. The molecule has 1 fully saturated rings. The predicted octanol–water partition coefficient (Wildman–Crippen LogP) is 0.826. The van der Waals surface area contributed by atoms with Crippen LogP contribution in [0.5, 0.6) is 0 Å². The van der Waals surface area contributed by atoms with Crippen molar-refractivity contribution in [2.75, 3.05) is 0 Å². The van der Waals surface area contributed by atoms with Crippen LogP contribution in [-0.4, -0.2) is 11.4 Å². The Morgan fingerprint density at radius 2 is 2.17 bits per heavy atom. The first-order chi connectivity index (χ1) is 5.79. The van der Waals surface area contributed by atoms with Crippen LogP contribution in [0, 0.1) is 5.92 Å². The van der Waals surface area contributed by atoms with Crippen LogP contribution in [-0.2, 0) is 0 Å². The van der Waals surface area contributed by atoms with Crippen molar-refractivity contribution in [1.29, 1.82) is 0 Å². The summed E-state index contributed by atoms with van der Waals surface area (Å²) in [4.78, 5) is 0. The minimum absolute atomic E-state index is 0.300. The van der Waals surface area contributed by atoms with Gasteiger partial charge in [-0.05, 0) is 26.2 Å². The van der Waals surface area contributed by atoms with Crippen LogP contribution in [0.4, 0.5) is 0 Å². The predicted molar refractivity (Wildman–Crippen MR) is 50.9 cm³/mol. The molecule has 1 atom stereocenters. The van der Waals surface area contributed by atoms with Gasteiger partial charge in [0.25, 0.3) is 0 Å². The molecule has 0 bridgehead atoms. The molecule has 0 aliphatic heterocycles. The third-order valence-corrected chi connectivity index (χ3v) is 2.45. The zero-order chi connectivity index (χ0) is 8.97. The SMILES string of the molecule is C/C(=N\N)C1CCCC/C1=N\N. The Morgan fingerprint density at radius 3 is 2.75 bits per heavy atom. The number of hydrazone groups is 2. The summed E-state index contributed by atoms with van der Waals surface area (Å²) in [6.45, 7) is 1.93. The second-order valence-corrected chi connectivity index (χ2v) is 3.19. The van der Waals surface area contributed by atoms with Gasteiger partial charge in [-0.3, -0.25) is 0 Å². The molecule has 4 heteroatoms. The topological polar surface area (TPSA) is 76.8 Å². The summed E-state index contributed by atoms with van der Waals surface area (Å²) in [7, 11) is 0. The highest BCUT2D eigenvalue weighted by atomic mass is 15.1. The van der Waals surface area contributed by atoms with E-state index < -0.39 is 0 Å². The zero-order valence-electron chi connectivity index (χ0n) is 7.45. The van der Waals surface area contributed by atoms with Crippen LogP contribution in [0.3, 0.4) is 0 Å². The summed E-state index contributed by atoms with van der Waals surface area (Å²) in [6.07, 6.45) is 4.48. The van der Waals surface area contributed by atoms with Gasteiger partial charge < -0.3 is 11.7 Å². The molecule has 1 aliphatic rings. The molecule has 4 N–H and O–H groups in total. The first-order valence-corrected chi connectivity index (χ1v) is 4.30. The van der Waals surface area contributed by atoms with Gasteiger partial charge in [-0.15, -0.1) is 0 Å². The van der Waals surface area contributed by atoms with E-state index in [1.54, 1.807) is 0 Å². The Morgan fingerprint density at radius 1 is 1.42 bits per heavy atom. The van der Waals surface area contributed by atoms with Crippen molar-refractivity contribution < 1.29 is 0 Å². The first-order valence-electron chi connectivity index (χ1n) is 4.30. The van der Waals surface area contributed by atoms with Crippen molar-refractivity contribution in [2.24, 2.45) is 27.8 Å². The lowest BCUT2D eigenvalue weighted by Crippen LogP contribution is -2.27. The standard InChI is InChI=1S/C8H16N4/c1-6(11-9)7-4-2-3-5-8(7)12-10/h7H,2-5,9-10H2,1H3/b11-6+,12-8+. The van der Waals surface area contributed by atoms with Gasteiger partial charge in [-0.2, -0.15) is 10.2 Å². The summed E-state index contributed by atoms with van der Waals surface area (Å²) in [6, 6.07) is 0. The second-order valence-electron chi connectivity index (χ2n) is 3.19. The van der Waals surface area contributed by atoms with E-state index in [1.165, 1.54) is 12.8 Å². The molecule has 12 heavy (non-hydrogen) atoms. The molecule has 1 aliphatic carbocycles. The molecule has 1 saturated carbocycles. The molecule has 68 valence electrons. The highest BCUT2D eigenvalue weighted by molar-refractivity contribution is 6.06. The number of rotatable bonds is 1. The van der Waals surface area contributed by atoms with E-state index in [-0.39, 0.29) is 0 Å². The van der Waals surface area contributed by atoms with Gasteiger partial charge in [0.15, 0.2) is 0 Å². The number of hydrogen-bond acceptors (Lipinski definition) is 4. The van der Waals surface area contributed by atoms with Crippen LogP contribution in [0.15, 0.2) is 10.2 Å². The van der Waals surface area contributed by atoms with Crippen molar-refractivity contribution in [3.05, 3.63) is 0 Å². The minimum Gasteiger partial charge on any atom is -0.323 e. The largest absolute Gasteiger partial charge is 0.323 e. The summed E-state index contributed by atoms with van der Waals surface area (Å²) in [5, 5.41) is 7.47. The molecule has 1 rings (SSSR count). The van der Waals surface area contributed by atoms with E-state index in [1.807, 2.05) is 6.92 Å². The van der Waals surface area contributed by atoms with Gasteiger partial charge in [-0.25, -0.2) is 0 Å². The van der Waals surface area contributed by atoms with E-state index in [4.69, 9.17) is 11.7 Å². The minimum atomic E-state index is 0.300. The summed E-state index contributed by atoms with van der Waals surface area (Å²) in [5.41, 5.74) is 1.99. The third-order valence-electron chi connectivity index (χ3n) is 2.45. The number of nitrogens with two attached hydrogens (primary N) is 2. The van der Waals surface area contributed by atoms with E-state index in [0.29, 0.717) is 5.92 Å². The third kappa shape index (κ3) is 1.75. The van der Waals surface area contributed by atoms with E-state index >= 15 is 0 Å². The summed E-state index contributed by atoms with van der Waals surface area (Å²) >= 11 is 0. The average molecular weight is 168 g/mol. The van der Waals surface area contributed by atoms with Gasteiger partial charge in [0.2, 0.25) is 0 Å². The molecule has 0 aromatic heterocycles. The van der Waals surface area contributed by atoms with Crippen LogP contribution in [0.2, 0.25) is 0 Å². The molecule has 0 aromatic rings. The number of nitrogens with zero attached hydrogens (tertiary/aromatic N) is 2. The lowest BCUT2D eigenvalue weighted by atomic mass is 9.84. The first kappa shape index (κ1) is 9.03. The molecule has 0 aromatic carbocycles. The van der Waals surface area contributed by atoms with Crippen LogP contribution in [0.25, 0.3) is 0 Å². The van der Waals surface area contributed by atoms with Crippen molar-refractivity contribution in [1.82, 2.24) is 0 Å². The fourth-order valence-electron chi connectivity index (χ4n) is 1.69. The molecular weight excluding hydrogens is 152 g/mol. The van der Waals surface area contributed by atoms with Crippen LogP contribution >= 0.6 is 0 Å². The maximum atomic E-state index is 5.28. The van der Waals surface area contributed by atoms with E-state index in [2.05, 4.69) is 10.2 Å². The van der Waals surface area contributed by atoms with Crippen molar-refractivity contribution in [2.45, 2.75) is 32.6 Å². The maximum Gasteiger partial charge on any atom is 0.0463 e. The molecule has 0 heterocycles. The molecule has 1 unspecified atom stereocenters. The Balaban J connectivity index is 2.72. The Labute approximate surface area is 72.7 Å². The lowest BCUT2D eigenvalue weighted by molar-refractivity contribution is 0.608. The zero-order valence-corrected chi connectivity index (χ0v) is 7.45. The highest BCUT2D eigenvalue weighted by Crippen LogP contribution is 2.22. The molecular formula is C8H16N4. The molecule has 0 saturated heterocycles. The van der Waals surface area contributed by atoms with Crippen molar-refractivity contribution in [3.63, 3.8) is 0 Å². The fraction of sp³-hybridized carbons (Fsp3) is 0.750. The smallest absolute Gasteiger partial charge is 0.0463 e.